The van der Waals surface area contributed by atoms with E-state index in [9.17, 15) is 9.59 Å². The van der Waals surface area contributed by atoms with Crippen LogP contribution in [0.5, 0.6) is 0 Å². The smallest absolute Gasteiger partial charge is 0.228 e. The third-order valence-corrected chi connectivity index (χ3v) is 4.87. The summed E-state index contributed by atoms with van der Waals surface area (Å²) in [4.78, 5) is 28.6. The summed E-state index contributed by atoms with van der Waals surface area (Å²) in [6.45, 7) is 4.90. The van der Waals surface area contributed by atoms with E-state index in [0.717, 1.165) is 29.8 Å². The van der Waals surface area contributed by atoms with Gasteiger partial charge in [0.25, 0.3) is 0 Å². The molecule has 1 aromatic rings. The summed E-state index contributed by atoms with van der Waals surface area (Å²) in [7, 11) is 0. The van der Waals surface area contributed by atoms with Gasteiger partial charge in [-0.05, 0) is 25.1 Å². The van der Waals surface area contributed by atoms with Crippen LogP contribution in [0.15, 0.2) is 28.7 Å². The number of carbonyl (C=O) groups is 2. The number of nitrogens with one attached hydrogen (secondary N) is 1. The van der Waals surface area contributed by atoms with Gasteiger partial charge in [-0.2, -0.15) is 0 Å². The summed E-state index contributed by atoms with van der Waals surface area (Å²) < 4.78 is 0.934. The molecule has 0 bridgehead atoms. The van der Waals surface area contributed by atoms with Crippen molar-refractivity contribution in [2.75, 3.05) is 31.1 Å². The van der Waals surface area contributed by atoms with Crippen LogP contribution in [0.25, 0.3) is 0 Å². The zero-order chi connectivity index (χ0) is 15.7. The number of hydrogen-bond donors (Lipinski definition) is 1. The normalized spacial score (nSPS) is 24.5. The lowest BCUT2D eigenvalue weighted by Crippen LogP contribution is -2.54. The van der Waals surface area contributed by atoms with Crippen molar-refractivity contribution in [3.8, 4) is 0 Å². The Morgan fingerprint density at radius 3 is 2.87 bits per heavy atom. The molecule has 1 aromatic carbocycles. The highest BCUT2D eigenvalue weighted by Gasteiger charge is 2.38. The standard InChI is InChI=1S/C16H20BrN3O2.ClH/c1-11-9-18-5-6-19(11)16(22)12-7-15(21)20(10-12)14-4-2-3-13(17)8-14;/h2-4,8,11-12,18H,5-7,9-10H2,1H3;1H. The number of benzene rings is 1. The second-order valence-corrected chi connectivity index (χ2v) is 6.89. The monoisotopic (exact) mass is 401 g/mol. The third-order valence-electron chi connectivity index (χ3n) is 4.38. The molecule has 0 aromatic heterocycles. The summed E-state index contributed by atoms with van der Waals surface area (Å²) in [6.07, 6.45) is 0.308. The van der Waals surface area contributed by atoms with Crippen LogP contribution in [-0.2, 0) is 9.59 Å². The molecule has 2 amide bonds. The summed E-state index contributed by atoms with van der Waals surface area (Å²) in [6, 6.07) is 7.84. The average Bonchev–Trinajstić information content (AvgIpc) is 2.89. The van der Waals surface area contributed by atoms with Crippen LogP contribution in [-0.4, -0.2) is 48.9 Å². The molecule has 2 aliphatic rings. The first-order valence-electron chi connectivity index (χ1n) is 7.63. The van der Waals surface area contributed by atoms with E-state index in [4.69, 9.17) is 0 Å². The molecule has 23 heavy (non-hydrogen) atoms. The van der Waals surface area contributed by atoms with E-state index in [2.05, 4.69) is 21.2 Å². The van der Waals surface area contributed by atoms with Gasteiger partial charge in [0.2, 0.25) is 11.8 Å². The van der Waals surface area contributed by atoms with Crippen molar-refractivity contribution in [1.82, 2.24) is 10.2 Å². The van der Waals surface area contributed by atoms with E-state index in [1.165, 1.54) is 0 Å². The average molecular weight is 403 g/mol. The van der Waals surface area contributed by atoms with Crippen molar-refractivity contribution in [3.05, 3.63) is 28.7 Å². The predicted molar refractivity (Wildman–Crippen MR) is 95.9 cm³/mol. The molecule has 1 N–H and O–H groups in total. The van der Waals surface area contributed by atoms with Crippen LogP contribution in [0.3, 0.4) is 0 Å². The topological polar surface area (TPSA) is 52.7 Å². The summed E-state index contributed by atoms with van der Waals surface area (Å²) >= 11 is 3.42. The SMILES string of the molecule is CC1CNCCN1C(=O)C1CC(=O)N(c2cccc(Br)c2)C1.Cl. The molecule has 2 saturated heterocycles. The number of anilines is 1. The first kappa shape index (κ1) is 18.2. The van der Waals surface area contributed by atoms with Crippen molar-refractivity contribution >= 4 is 45.8 Å². The van der Waals surface area contributed by atoms with Crippen molar-refractivity contribution < 1.29 is 9.59 Å². The third kappa shape index (κ3) is 3.87. The Kier molecular flexibility index (Phi) is 6.06. The maximum atomic E-state index is 12.7. The van der Waals surface area contributed by atoms with Gasteiger partial charge in [-0.25, -0.2) is 0 Å². The van der Waals surface area contributed by atoms with E-state index in [-0.39, 0.29) is 36.2 Å². The van der Waals surface area contributed by atoms with E-state index in [1.54, 1.807) is 4.90 Å². The minimum Gasteiger partial charge on any atom is -0.337 e. The molecule has 7 heteroatoms. The lowest BCUT2D eigenvalue weighted by atomic mass is 10.1. The Morgan fingerprint density at radius 1 is 1.39 bits per heavy atom. The predicted octanol–water partition coefficient (Wildman–Crippen LogP) is 2.04. The zero-order valence-electron chi connectivity index (χ0n) is 13.0. The minimum atomic E-state index is -0.230. The van der Waals surface area contributed by atoms with Crippen LogP contribution in [0, 0.1) is 5.92 Å². The van der Waals surface area contributed by atoms with E-state index < -0.39 is 0 Å². The second-order valence-electron chi connectivity index (χ2n) is 5.97. The molecule has 2 atom stereocenters. The Labute approximate surface area is 150 Å². The van der Waals surface area contributed by atoms with Gasteiger partial charge in [0.05, 0.1) is 5.92 Å². The van der Waals surface area contributed by atoms with Crippen molar-refractivity contribution in [3.63, 3.8) is 0 Å². The molecule has 2 heterocycles. The lowest BCUT2D eigenvalue weighted by molar-refractivity contribution is -0.138. The Morgan fingerprint density at radius 2 is 2.17 bits per heavy atom. The molecule has 126 valence electrons. The fraction of sp³-hybridized carbons (Fsp3) is 0.500. The first-order chi connectivity index (χ1) is 10.6. The molecule has 2 unspecified atom stereocenters. The van der Waals surface area contributed by atoms with Gasteiger partial charge in [-0.3, -0.25) is 9.59 Å². The maximum Gasteiger partial charge on any atom is 0.228 e. The van der Waals surface area contributed by atoms with Gasteiger partial charge in [0.1, 0.15) is 0 Å². The van der Waals surface area contributed by atoms with E-state index in [0.29, 0.717) is 13.0 Å². The number of amides is 2. The highest BCUT2D eigenvalue weighted by atomic mass is 79.9. The largest absolute Gasteiger partial charge is 0.337 e. The van der Waals surface area contributed by atoms with Gasteiger partial charge >= 0.3 is 0 Å². The molecule has 3 rings (SSSR count). The number of nitrogens with zero attached hydrogens (tertiary/aromatic N) is 2. The minimum absolute atomic E-state index is 0. The highest BCUT2D eigenvalue weighted by Crippen LogP contribution is 2.28. The quantitative estimate of drug-likeness (QED) is 0.824. The lowest BCUT2D eigenvalue weighted by Gasteiger charge is -2.35. The molecular weight excluding hydrogens is 382 g/mol. The molecule has 2 aliphatic heterocycles. The van der Waals surface area contributed by atoms with Gasteiger partial charge < -0.3 is 15.1 Å². The second kappa shape index (κ2) is 7.64. The molecule has 5 nitrogen and oxygen atoms in total. The van der Waals surface area contributed by atoms with Crippen molar-refractivity contribution in [1.29, 1.82) is 0 Å². The van der Waals surface area contributed by atoms with E-state index in [1.807, 2.05) is 36.1 Å². The summed E-state index contributed by atoms with van der Waals surface area (Å²) in [5, 5.41) is 3.28. The first-order valence-corrected chi connectivity index (χ1v) is 8.42. The number of piperazine rings is 1. The maximum absolute atomic E-state index is 12.7. The van der Waals surface area contributed by atoms with Crippen LogP contribution in [0.4, 0.5) is 5.69 Å². The van der Waals surface area contributed by atoms with Crippen LogP contribution >= 0.6 is 28.3 Å². The number of hydrogen-bond acceptors (Lipinski definition) is 3. The van der Waals surface area contributed by atoms with Crippen molar-refractivity contribution in [2.24, 2.45) is 5.92 Å². The van der Waals surface area contributed by atoms with E-state index >= 15 is 0 Å². The summed E-state index contributed by atoms with van der Waals surface area (Å²) in [5.74, 6) is -0.0916. The Bertz CT molecular complexity index is 598. The molecular formula is C16H21BrClN3O2. The number of carbonyl (C=O) groups excluding carboxylic acids is 2. The highest BCUT2D eigenvalue weighted by molar-refractivity contribution is 9.10. The van der Waals surface area contributed by atoms with Crippen molar-refractivity contribution in [2.45, 2.75) is 19.4 Å². The van der Waals surface area contributed by atoms with Crippen LogP contribution < -0.4 is 10.2 Å². The zero-order valence-corrected chi connectivity index (χ0v) is 15.4. The molecule has 0 radical (unpaired) electrons. The Balaban J connectivity index is 0.00000192. The van der Waals surface area contributed by atoms with Gasteiger partial charge in [0, 0.05) is 48.8 Å². The van der Waals surface area contributed by atoms with Crippen LogP contribution in [0.1, 0.15) is 13.3 Å². The van der Waals surface area contributed by atoms with Gasteiger partial charge in [-0.15, -0.1) is 12.4 Å². The molecule has 0 saturated carbocycles. The Hall–Kier alpha value is -1.11. The fourth-order valence-electron chi connectivity index (χ4n) is 3.17. The molecule has 0 spiro atoms. The van der Waals surface area contributed by atoms with Gasteiger partial charge in [-0.1, -0.05) is 22.0 Å². The van der Waals surface area contributed by atoms with Gasteiger partial charge in [0.15, 0.2) is 0 Å². The van der Waals surface area contributed by atoms with Crippen LogP contribution in [0.2, 0.25) is 0 Å². The summed E-state index contributed by atoms with van der Waals surface area (Å²) in [5.41, 5.74) is 0.850. The molecule has 0 aliphatic carbocycles. The molecule has 2 fully saturated rings. The number of halogens is 2. The number of rotatable bonds is 2. The fourth-order valence-corrected chi connectivity index (χ4v) is 3.56.